The van der Waals surface area contributed by atoms with Crippen LogP contribution in [0, 0.1) is 0 Å². The maximum atomic E-state index is 5.65. The molecule has 72 valence electrons. The Labute approximate surface area is 78.9 Å². The molecule has 0 spiro atoms. The highest BCUT2D eigenvalue weighted by Gasteiger charge is 1.99. The number of nitrogens with zero attached hydrogens (tertiary/aromatic N) is 1. The lowest BCUT2D eigenvalue weighted by Crippen LogP contribution is -2.15. The number of rotatable bonds is 4. The largest absolute Gasteiger partial charge is 0.497 e. The third-order valence-electron chi connectivity index (χ3n) is 1.88. The van der Waals surface area contributed by atoms with E-state index in [2.05, 4.69) is 4.98 Å². The van der Waals surface area contributed by atoms with Crippen molar-refractivity contribution in [3.8, 4) is 5.75 Å². The summed E-state index contributed by atoms with van der Waals surface area (Å²) in [5.41, 5.74) is 6.69. The Kier molecular flexibility index (Phi) is 3.71. The molecule has 3 heteroatoms. The zero-order valence-corrected chi connectivity index (χ0v) is 8.16. The number of ether oxygens (including phenoxy) is 1. The molecule has 0 aliphatic carbocycles. The van der Waals surface area contributed by atoms with Gasteiger partial charge in [0.05, 0.1) is 7.11 Å². The summed E-state index contributed by atoms with van der Waals surface area (Å²) in [6.07, 6.45) is 3.63. The van der Waals surface area contributed by atoms with Crippen LogP contribution in [0.3, 0.4) is 0 Å². The van der Waals surface area contributed by atoms with E-state index in [-0.39, 0.29) is 6.04 Å². The molecule has 1 aromatic heterocycles. The maximum absolute atomic E-state index is 5.65. The van der Waals surface area contributed by atoms with Crippen LogP contribution in [0.15, 0.2) is 18.3 Å². The molecule has 0 aliphatic rings. The molecular weight excluding hydrogens is 164 g/mol. The van der Waals surface area contributed by atoms with Gasteiger partial charge in [0.2, 0.25) is 0 Å². The van der Waals surface area contributed by atoms with Crippen molar-refractivity contribution in [2.45, 2.75) is 25.8 Å². The molecule has 3 nitrogen and oxygen atoms in total. The molecule has 2 N–H and O–H groups in total. The van der Waals surface area contributed by atoms with Crippen LogP contribution >= 0.6 is 0 Å². The highest BCUT2D eigenvalue weighted by molar-refractivity contribution is 5.22. The Hall–Kier alpha value is -1.09. The Bertz CT molecular complexity index is 261. The van der Waals surface area contributed by atoms with Gasteiger partial charge in [0, 0.05) is 24.0 Å². The summed E-state index contributed by atoms with van der Waals surface area (Å²) in [6, 6.07) is 4.02. The van der Waals surface area contributed by atoms with E-state index in [0.717, 1.165) is 24.3 Å². The second-order valence-corrected chi connectivity index (χ2v) is 3.20. The Morgan fingerprint density at radius 3 is 3.00 bits per heavy atom. The number of aromatic nitrogens is 1. The predicted molar refractivity (Wildman–Crippen MR) is 52.8 cm³/mol. The normalized spacial score (nSPS) is 12.5. The molecule has 0 fully saturated rings. The zero-order chi connectivity index (χ0) is 9.68. The van der Waals surface area contributed by atoms with Crippen molar-refractivity contribution < 1.29 is 4.74 Å². The quantitative estimate of drug-likeness (QED) is 0.761. The highest BCUT2D eigenvalue weighted by atomic mass is 16.5. The van der Waals surface area contributed by atoms with Gasteiger partial charge in [-0.1, -0.05) is 0 Å². The Balaban J connectivity index is 2.56. The SMILES string of the molecule is COc1ccnc(CC[C@@H](C)N)c1. The van der Waals surface area contributed by atoms with E-state index >= 15 is 0 Å². The lowest BCUT2D eigenvalue weighted by Gasteiger charge is -2.05. The van der Waals surface area contributed by atoms with E-state index in [1.807, 2.05) is 19.1 Å². The van der Waals surface area contributed by atoms with Crippen LogP contribution in [0.4, 0.5) is 0 Å². The summed E-state index contributed by atoms with van der Waals surface area (Å²) in [4.78, 5) is 4.22. The van der Waals surface area contributed by atoms with E-state index in [4.69, 9.17) is 10.5 Å². The molecule has 0 saturated carbocycles. The number of pyridine rings is 1. The van der Waals surface area contributed by atoms with E-state index in [0.29, 0.717) is 0 Å². The first-order chi connectivity index (χ1) is 6.22. The minimum Gasteiger partial charge on any atom is -0.497 e. The first-order valence-corrected chi connectivity index (χ1v) is 4.47. The van der Waals surface area contributed by atoms with Crippen molar-refractivity contribution in [2.24, 2.45) is 5.73 Å². The van der Waals surface area contributed by atoms with Gasteiger partial charge in [-0.05, 0) is 25.8 Å². The van der Waals surface area contributed by atoms with Gasteiger partial charge in [-0.2, -0.15) is 0 Å². The fourth-order valence-corrected chi connectivity index (χ4v) is 1.10. The second-order valence-electron chi connectivity index (χ2n) is 3.20. The van der Waals surface area contributed by atoms with Crippen LogP contribution in [-0.4, -0.2) is 18.1 Å². The number of hydrogen-bond acceptors (Lipinski definition) is 3. The van der Waals surface area contributed by atoms with Crippen LogP contribution in [0.5, 0.6) is 5.75 Å². The van der Waals surface area contributed by atoms with Crippen LogP contribution in [0.25, 0.3) is 0 Å². The molecule has 0 aliphatic heterocycles. The average molecular weight is 180 g/mol. The number of hydrogen-bond donors (Lipinski definition) is 1. The third-order valence-corrected chi connectivity index (χ3v) is 1.88. The van der Waals surface area contributed by atoms with Gasteiger partial charge in [0.15, 0.2) is 0 Å². The maximum Gasteiger partial charge on any atom is 0.122 e. The van der Waals surface area contributed by atoms with Gasteiger partial charge in [-0.3, -0.25) is 4.98 Å². The summed E-state index contributed by atoms with van der Waals surface area (Å²) >= 11 is 0. The lowest BCUT2D eigenvalue weighted by atomic mass is 10.1. The van der Waals surface area contributed by atoms with Gasteiger partial charge in [-0.25, -0.2) is 0 Å². The number of aryl methyl sites for hydroxylation is 1. The Morgan fingerprint density at radius 2 is 2.38 bits per heavy atom. The van der Waals surface area contributed by atoms with Crippen molar-refractivity contribution in [1.82, 2.24) is 4.98 Å². The molecule has 0 aromatic carbocycles. The number of nitrogens with two attached hydrogens (primary N) is 1. The lowest BCUT2D eigenvalue weighted by molar-refractivity contribution is 0.413. The summed E-state index contributed by atoms with van der Waals surface area (Å²) in [5, 5.41) is 0. The van der Waals surface area contributed by atoms with Gasteiger partial charge < -0.3 is 10.5 Å². The zero-order valence-electron chi connectivity index (χ0n) is 8.16. The fraction of sp³-hybridized carbons (Fsp3) is 0.500. The second kappa shape index (κ2) is 4.82. The third kappa shape index (κ3) is 3.42. The monoisotopic (exact) mass is 180 g/mol. The van der Waals surface area contributed by atoms with Crippen molar-refractivity contribution in [3.63, 3.8) is 0 Å². The minimum absolute atomic E-state index is 0.230. The van der Waals surface area contributed by atoms with Crippen LogP contribution in [-0.2, 0) is 6.42 Å². The molecule has 13 heavy (non-hydrogen) atoms. The molecule has 1 atom stereocenters. The molecule has 1 aromatic rings. The van der Waals surface area contributed by atoms with Crippen molar-refractivity contribution >= 4 is 0 Å². The van der Waals surface area contributed by atoms with E-state index < -0.39 is 0 Å². The van der Waals surface area contributed by atoms with Crippen molar-refractivity contribution in [1.29, 1.82) is 0 Å². The van der Waals surface area contributed by atoms with Crippen molar-refractivity contribution in [3.05, 3.63) is 24.0 Å². The molecule has 1 heterocycles. The Morgan fingerprint density at radius 1 is 1.62 bits per heavy atom. The van der Waals surface area contributed by atoms with Gasteiger partial charge in [-0.15, -0.1) is 0 Å². The summed E-state index contributed by atoms with van der Waals surface area (Å²) in [5.74, 6) is 0.856. The summed E-state index contributed by atoms with van der Waals surface area (Å²) < 4.78 is 5.09. The van der Waals surface area contributed by atoms with Gasteiger partial charge >= 0.3 is 0 Å². The predicted octanol–water partition coefficient (Wildman–Crippen LogP) is 1.37. The molecule has 0 amide bonds. The fourth-order valence-electron chi connectivity index (χ4n) is 1.10. The van der Waals surface area contributed by atoms with Crippen LogP contribution in [0.1, 0.15) is 19.0 Å². The minimum atomic E-state index is 0.230. The average Bonchev–Trinajstić information content (AvgIpc) is 2.15. The summed E-state index contributed by atoms with van der Waals surface area (Å²) in [7, 11) is 1.66. The topological polar surface area (TPSA) is 48.1 Å². The van der Waals surface area contributed by atoms with E-state index in [9.17, 15) is 0 Å². The highest BCUT2D eigenvalue weighted by Crippen LogP contribution is 2.11. The van der Waals surface area contributed by atoms with Gasteiger partial charge in [0.1, 0.15) is 5.75 Å². The van der Waals surface area contributed by atoms with Crippen LogP contribution in [0.2, 0.25) is 0 Å². The number of methoxy groups -OCH3 is 1. The van der Waals surface area contributed by atoms with E-state index in [1.165, 1.54) is 0 Å². The molecule has 1 rings (SSSR count). The first kappa shape index (κ1) is 9.99. The molecule has 0 unspecified atom stereocenters. The molecule has 0 radical (unpaired) electrons. The smallest absolute Gasteiger partial charge is 0.122 e. The first-order valence-electron chi connectivity index (χ1n) is 4.47. The van der Waals surface area contributed by atoms with Crippen molar-refractivity contribution in [2.75, 3.05) is 7.11 Å². The molecule has 0 bridgehead atoms. The standard InChI is InChI=1S/C10H16N2O/c1-8(11)3-4-9-7-10(13-2)5-6-12-9/h5-8H,3-4,11H2,1-2H3/t8-/m1/s1. The van der Waals surface area contributed by atoms with Gasteiger partial charge in [0.25, 0.3) is 0 Å². The van der Waals surface area contributed by atoms with E-state index in [1.54, 1.807) is 13.3 Å². The molecular formula is C10H16N2O. The summed E-state index contributed by atoms with van der Waals surface area (Å²) in [6.45, 7) is 2.00. The molecule has 0 saturated heterocycles. The van der Waals surface area contributed by atoms with Crippen LogP contribution < -0.4 is 10.5 Å².